The summed E-state index contributed by atoms with van der Waals surface area (Å²) in [7, 11) is 0. The normalized spacial score (nSPS) is 10.2. The number of hydrogen-bond acceptors (Lipinski definition) is 5. The maximum atomic E-state index is 12.1. The fourth-order valence-corrected chi connectivity index (χ4v) is 2.84. The topological polar surface area (TPSA) is 82.7 Å². The van der Waals surface area contributed by atoms with Crippen LogP contribution in [0.2, 0.25) is 0 Å². The molecule has 0 saturated carbocycles. The average molecular weight is 345 g/mol. The van der Waals surface area contributed by atoms with Crippen molar-refractivity contribution in [1.29, 1.82) is 5.26 Å². The summed E-state index contributed by atoms with van der Waals surface area (Å²) in [5.41, 5.74) is 8.11. The first-order valence-electron chi connectivity index (χ1n) is 8.19. The number of hydrogen-bond donors (Lipinski definition) is 2. The van der Waals surface area contributed by atoms with E-state index in [-0.39, 0.29) is 5.56 Å². The Morgan fingerprint density at radius 2 is 1.77 bits per heavy atom. The number of nitriles is 1. The van der Waals surface area contributed by atoms with Crippen molar-refractivity contribution in [3.63, 3.8) is 0 Å². The third-order valence-electron chi connectivity index (χ3n) is 3.96. The molecule has 0 amide bonds. The van der Waals surface area contributed by atoms with Crippen molar-refractivity contribution in [1.82, 2.24) is 9.89 Å². The van der Waals surface area contributed by atoms with Gasteiger partial charge in [0, 0.05) is 11.8 Å². The smallest absolute Gasteiger partial charge is 0.286 e. The summed E-state index contributed by atoms with van der Waals surface area (Å²) in [5.74, 6) is 0.545. The molecular formula is C20H19N5O. The molecule has 2 N–H and O–H groups in total. The second-order valence-corrected chi connectivity index (χ2v) is 6.17. The minimum Gasteiger partial charge on any atom is -0.338 e. The van der Waals surface area contributed by atoms with Crippen molar-refractivity contribution in [3.8, 4) is 6.07 Å². The third kappa shape index (κ3) is 3.73. The minimum atomic E-state index is -0.296. The first-order valence-corrected chi connectivity index (χ1v) is 8.19. The van der Waals surface area contributed by atoms with Crippen molar-refractivity contribution < 1.29 is 0 Å². The number of aromatic nitrogens is 2. The molecular weight excluding hydrogens is 326 g/mol. The van der Waals surface area contributed by atoms with E-state index in [1.807, 2.05) is 13.8 Å². The highest BCUT2D eigenvalue weighted by Crippen LogP contribution is 2.24. The molecule has 6 heteroatoms. The summed E-state index contributed by atoms with van der Waals surface area (Å²) in [4.78, 5) is 13.3. The molecule has 0 fully saturated rings. The van der Waals surface area contributed by atoms with Crippen molar-refractivity contribution in [2.45, 2.75) is 20.8 Å². The van der Waals surface area contributed by atoms with Crippen LogP contribution >= 0.6 is 0 Å². The van der Waals surface area contributed by atoms with Crippen LogP contribution in [-0.2, 0) is 0 Å². The van der Waals surface area contributed by atoms with Gasteiger partial charge in [-0.25, -0.2) is 0 Å². The number of nitrogens with zero attached hydrogens (tertiary/aromatic N) is 3. The lowest BCUT2D eigenvalue weighted by atomic mass is 10.1. The molecule has 0 aliphatic heterocycles. The van der Waals surface area contributed by atoms with Crippen molar-refractivity contribution >= 4 is 17.2 Å². The summed E-state index contributed by atoms with van der Waals surface area (Å²) >= 11 is 0. The third-order valence-corrected chi connectivity index (χ3v) is 3.96. The molecule has 6 nitrogen and oxygen atoms in total. The Morgan fingerprint density at radius 1 is 1.04 bits per heavy atom. The molecule has 26 heavy (non-hydrogen) atoms. The second-order valence-electron chi connectivity index (χ2n) is 6.17. The van der Waals surface area contributed by atoms with Gasteiger partial charge in [0.15, 0.2) is 5.82 Å². The van der Waals surface area contributed by atoms with Crippen LogP contribution in [0.4, 0.5) is 17.2 Å². The monoisotopic (exact) mass is 345 g/mol. The second kappa shape index (κ2) is 7.11. The van der Waals surface area contributed by atoms with E-state index in [9.17, 15) is 4.79 Å². The van der Waals surface area contributed by atoms with Gasteiger partial charge in [-0.15, -0.1) is 9.89 Å². The van der Waals surface area contributed by atoms with Gasteiger partial charge in [-0.1, -0.05) is 23.8 Å². The Balaban J connectivity index is 1.91. The molecule has 130 valence electrons. The van der Waals surface area contributed by atoms with Crippen LogP contribution in [0.5, 0.6) is 0 Å². The molecule has 0 saturated heterocycles. The zero-order valence-corrected chi connectivity index (χ0v) is 14.9. The molecule has 0 bridgehead atoms. The van der Waals surface area contributed by atoms with Gasteiger partial charge in [-0.2, -0.15) is 5.26 Å². The van der Waals surface area contributed by atoms with Crippen molar-refractivity contribution in [3.05, 3.63) is 81.1 Å². The van der Waals surface area contributed by atoms with Gasteiger partial charge in [-0.3, -0.25) is 10.2 Å². The number of benzene rings is 2. The fourth-order valence-electron chi connectivity index (χ4n) is 2.84. The van der Waals surface area contributed by atoms with E-state index >= 15 is 0 Å². The average Bonchev–Trinajstić information content (AvgIpc) is 2.61. The van der Waals surface area contributed by atoms with Crippen LogP contribution in [0.3, 0.4) is 0 Å². The lowest BCUT2D eigenvalue weighted by molar-refractivity contribution is 0.745. The maximum absolute atomic E-state index is 12.1. The largest absolute Gasteiger partial charge is 0.338 e. The van der Waals surface area contributed by atoms with E-state index in [0.717, 1.165) is 21.6 Å². The molecule has 0 unspecified atom stereocenters. The summed E-state index contributed by atoms with van der Waals surface area (Å²) in [5, 5.41) is 16.6. The van der Waals surface area contributed by atoms with Crippen LogP contribution in [0.25, 0.3) is 0 Å². The molecule has 1 heterocycles. The Kier molecular flexibility index (Phi) is 4.72. The number of rotatable bonds is 4. The molecule has 3 rings (SSSR count). The van der Waals surface area contributed by atoms with Gasteiger partial charge >= 0.3 is 0 Å². The van der Waals surface area contributed by atoms with E-state index in [1.54, 1.807) is 30.3 Å². The van der Waals surface area contributed by atoms with Gasteiger partial charge in [0.05, 0.1) is 17.3 Å². The van der Waals surface area contributed by atoms with Crippen molar-refractivity contribution in [2.24, 2.45) is 0 Å². The Hall–Kier alpha value is -3.59. The molecule has 3 aromatic rings. The quantitative estimate of drug-likeness (QED) is 0.754. The molecule has 0 atom stereocenters. The lowest BCUT2D eigenvalue weighted by Gasteiger charge is -2.14. The highest BCUT2D eigenvalue weighted by atomic mass is 16.1. The van der Waals surface area contributed by atoms with Gasteiger partial charge < -0.3 is 5.32 Å². The molecule has 0 aliphatic carbocycles. The van der Waals surface area contributed by atoms with Crippen LogP contribution in [0.1, 0.15) is 22.3 Å². The number of anilines is 3. The highest BCUT2D eigenvalue weighted by Gasteiger charge is 2.07. The summed E-state index contributed by atoms with van der Waals surface area (Å²) in [6, 6.07) is 16.2. The van der Waals surface area contributed by atoms with Gasteiger partial charge in [0.1, 0.15) is 0 Å². The first kappa shape index (κ1) is 17.2. The molecule has 0 spiro atoms. The molecule has 2 aromatic carbocycles. The Bertz CT molecular complexity index is 1040. The van der Waals surface area contributed by atoms with Crippen LogP contribution in [-0.4, -0.2) is 9.89 Å². The van der Waals surface area contributed by atoms with Crippen LogP contribution < -0.4 is 16.3 Å². The summed E-state index contributed by atoms with van der Waals surface area (Å²) < 4.78 is 0. The molecule has 0 radical (unpaired) electrons. The predicted octanol–water partition coefficient (Wildman–Crippen LogP) is 3.66. The standard InChI is InChI=1S/C20H19N5O/c1-13-9-14(2)20(15(3)10-13)22-18-7-8-19(26)25(24-18)23-17-6-4-5-16(11-17)12-21/h4-11,23H,1-3H3,(H,22,24). The molecule has 1 aromatic heterocycles. The zero-order chi connectivity index (χ0) is 18.7. The van der Waals surface area contributed by atoms with E-state index in [2.05, 4.69) is 41.0 Å². The van der Waals surface area contributed by atoms with E-state index in [0.29, 0.717) is 17.1 Å². The Labute approximate surface area is 151 Å². The molecule has 0 aliphatic rings. The SMILES string of the molecule is Cc1cc(C)c(Nc2ccc(=O)n(Nc3cccc(C#N)c3)n2)c(C)c1. The van der Waals surface area contributed by atoms with E-state index < -0.39 is 0 Å². The first-order chi connectivity index (χ1) is 12.5. The highest BCUT2D eigenvalue weighted by molar-refractivity contribution is 5.65. The predicted molar refractivity (Wildman–Crippen MR) is 103 cm³/mol. The fraction of sp³-hybridized carbons (Fsp3) is 0.150. The van der Waals surface area contributed by atoms with E-state index in [1.165, 1.54) is 11.6 Å². The number of nitrogens with one attached hydrogen (secondary N) is 2. The minimum absolute atomic E-state index is 0.296. The van der Waals surface area contributed by atoms with Gasteiger partial charge in [0.2, 0.25) is 0 Å². The van der Waals surface area contributed by atoms with E-state index in [4.69, 9.17) is 5.26 Å². The van der Waals surface area contributed by atoms with Crippen LogP contribution in [0.15, 0.2) is 53.3 Å². The van der Waals surface area contributed by atoms with Crippen LogP contribution in [0, 0.1) is 32.1 Å². The summed E-state index contributed by atoms with van der Waals surface area (Å²) in [6.45, 7) is 6.12. The Morgan fingerprint density at radius 3 is 2.46 bits per heavy atom. The zero-order valence-electron chi connectivity index (χ0n) is 14.9. The lowest BCUT2D eigenvalue weighted by Crippen LogP contribution is -2.28. The number of aryl methyl sites for hydroxylation is 3. The maximum Gasteiger partial charge on any atom is 0.286 e. The van der Waals surface area contributed by atoms with Crippen molar-refractivity contribution in [2.75, 3.05) is 10.7 Å². The van der Waals surface area contributed by atoms with Gasteiger partial charge in [0.25, 0.3) is 5.56 Å². The van der Waals surface area contributed by atoms with Gasteiger partial charge in [-0.05, 0) is 56.2 Å². The summed E-state index contributed by atoms with van der Waals surface area (Å²) in [6.07, 6.45) is 0.